The van der Waals surface area contributed by atoms with E-state index in [1.807, 2.05) is 6.07 Å². The van der Waals surface area contributed by atoms with Crippen LogP contribution in [-0.2, 0) is 0 Å². The molecule has 0 aliphatic heterocycles. The fourth-order valence-electron chi connectivity index (χ4n) is 1.31. The molecule has 1 nitrogen and oxygen atoms in total. The molecule has 0 aliphatic carbocycles. The van der Waals surface area contributed by atoms with Gasteiger partial charge in [0.15, 0.2) is 0 Å². The van der Waals surface area contributed by atoms with E-state index in [1.54, 1.807) is 0 Å². The molecule has 0 saturated heterocycles. The maximum atomic E-state index is 6.10. The molecule has 1 atom stereocenters. The first-order valence-electron chi connectivity index (χ1n) is 4.58. The van der Waals surface area contributed by atoms with Gasteiger partial charge >= 0.3 is 0 Å². The normalized spacial score (nSPS) is 13.0. The zero-order valence-corrected chi connectivity index (χ0v) is 9.15. The molecule has 2 N–H and O–H groups in total. The molecular formula is C11H16ClN. The molecule has 0 unspecified atom stereocenters. The van der Waals surface area contributed by atoms with Crippen molar-refractivity contribution in [2.24, 2.45) is 5.73 Å². The third kappa shape index (κ3) is 2.23. The molecule has 0 saturated carbocycles. The Balaban J connectivity index is 3.15. The van der Waals surface area contributed by atoms with Gasteiger partial charge < -0.3 is 5.73 Å². The lowest BCUT2D eigenvalue weighted by molar-refractivity contribution is 0.698. The molecule has 0 aliphatic rings. The number of hydrogen-bond donors (Lipinski definition) is 1. The van der Waals surface area contributed by atoms with Crippen LogP contribution in [0.1, 0.15) is 36.1 Å². The first-order valence-corrected chi connectivity index (χ1v) is 4.96. The summed E-state index contributed by atoms with van der Waals surface area (Å²) in [5.74, 6) is 0. The Labute approximate surface area is 84.9 Å². The van der Waals surface area contributed by atoms with Crippen LogP contribution < -0.4 is 5.73 Å². The highest BCUT2D eigenvalue weighted by Crippen LogP contribution is 2.26. The number of benzene rings is 1. The second kappa shape index (κ2) is 4.12. The first kappa shape index (κ1) is 10.6. The smallest absolute Gasteiger partial charge is 0.0456 e. The molecule has 0 aromatic heterocycles. The van der Waals surface area contributed by atoms with Gasteiger partial charge in [0.2, 0.25) is 0 Å². The summed E-state index contributed by atoms with van der Waals surface area (Å²) in [5, 5.41) is 0.789. The van der Waals surface area contributed by atoms with Crippen LogP contribution in [0.4, 0.5) is 0 Å². The van der Waals surface area contributed by atoms with Crippen molar-refractivity contribution >= 4 is 11.6 Å². The largest absolute Gasteiger partial charge is 0.324 e. The highest BCUT2D eigenvalue weighted by atomic mass is 35.5. The number of nitrogens with two attached hydrogens (primary N) is 1. The van der Waals surface area contributed by atoms with Gasteiger partial charge in [-0.1, -0.05) is 24.6 Å². The average molecular weight is 198 g/mol. The lowest BCUT2D eigenvalue weighted by Gasteiger charge is -2.13. The lowest BCUT2D eigenvalue weighted by atomic mass is 10.00. The van der Waals surface area contributed by atoms with Gasteiger partial charge in [0.05, 0.1) is 0 Å². The van der Waals surface area contributed by atoms with E-state index in [0.717, 1.165) is 17.0 Å². The van der Waals surface area contributed by atoms with E-state index in [1.165, 1.54) is 11.1 Å². The van der Waals surface area contributed by atoms with E-state index in [9.17, 15) is 0 Å². The molecule has 0 spiro atoms. The van der Waals surface area contributed by atoms with Crippen molar-refractivity contribution in [2.45, 2.75) is 33.2 Å². The monoisotopic (exact) mass is 197 g/mol. The average Bonchev–Trinajstić information content (AvgIpc) is 2.10. The van der Waals surface area contributed by atoms with E-state index in [-0.39, 0.29) is 6.04 Å². The summed E-state index contributed by atoms with van der Waals surface area (Å²) in [7, 11) is 0. The fourth-order valence-corrected chi connectivity index (χ4v) is 1.67. The van der Waals surface area contributed by atoms with Crippen molar-refractivity contribution in [2.75, 3.05) is 0 Å². The zero-order chi connectivity index (χ0) is 10.0. The Bertz CT molecular complexity index is 307. The molecule has 0 fully saturated rings. The number of halogens is 1. The molecule has 0 bridgehead atoms. The molecular weight excluding hydrogens is 182 g/mol. The highest BCUT2D eigenvalue weighted by molar-refractivity contribution is 6.31. The molecule has 13 heavy (non-hydrogen) atoms. The minimum Gasteiger partial charge on any atom is -0.324 e. The Morgan fingerprint density at radius 2 is 1.85 bits per heavy atom. The standard InChI is InChI=1S/C11H16ClN/c1-4-11(13)9-5-7(2)8(3)6-10(9)12/h5-6,11H,4,13H2,1-3H3/t11-/m1/s1. The van der Waals surface area contributed by atoms with Gasteiger partial charge in [0.1, 0.15) is 0 Å². The molecule has 1 rings (SSSR count). The van der Waals surface area contributed by atoms with Crippen LogP contribution in [-0.4, -0.2) is 0 Å². The fraction of sp³-hybridized carbons (Fsp3) is 0.455. The zero-order valence-electron chi connectivity index (χ0n) is 8.39. The van der Waals surface area contributed by atoms with Crippen molar-refractivity contribution in [3.8, 4) is 0 Å². The van der Waals surface area contributed by atoms with Crippen LogP contribution in [0.2, 0.25) is 5.02 Å². The maximum Gasteiger partial charge on any atom is 0.0456 e. The van der Waals surface area contributed by atoms with E-state index in [2.05, 4.69) is 26.8 Å². The molecule has 0 heterocycles. The van der Waals surface area contributed by atoms with Crippen LogP contribution in [0.15, 0.2) is 12.1 Å². The Morgan fingerprint density at radius 1 is 1.31 bits per heavy atom. The summed E-state index contributed by atoms with van der Waals surface area (Å²) in [6.07, 6.45) is 0.919. The van der Waals surface area contributed by atoms with Gasteiger partial charge in [-0.15, -0.1) is 0 Å². The summed E-state index contributed by atoms with van der Waals surface area (Å²) in [6.45, 7) is 6.20. The van der Waals surface area contributed by atoms with E-state index in [0.29, 0.717) is 0 Å². The minimum absolute atomic E-state index is 0.0619. The Morgan fingerprint density at radius 3 is 2.38 bits per heavy atom. The topological polar surface area (TPSA) is 26.0 Å². The second-order valence-electron chi connectivity index (χ2n) is 3.47. The third-order valence-electron chi connectivity index (χ3n) is 2.45. The van der Waals surface area contributed by atoms with Crippen molar-refractivity contribution in [1.29, 1.82) is 0 Å². The second-order valence-corrected chi connectivity index (χ2v) is 3.88. The summed E-state index contributed by atoms with van der Waals surface area (Å²) in [6, 6.07) is 4.14. The van der Waals surface area contributed by atoms with Crippen LogP contribution in [0.5, 0.6) is 0 Å². The van der Waals surface area contributed by atoms with Crippen molar-refractivity contribution < 1.29 is 0 Å². The van der Waals surface area contributed by atoms with E-state index < -0.39 is 0 Å². The van der Waals surface area contributed by atoms with Crippen LogP contribution in [0, 0.1) is 13.8 Å². The molecule has 2 heteroatoms. The van der Waals surface area contributed by atoms with Gasteiger partial charge in [-0.25, -0.2) is 0 Å². The van der Waals surface area contributed by atoms with Crippen LogP contribution in [0.3, 0.4) is 0 Å². The number of aryl methyl sites for hydroxylation is 2. The molecule has 1 aromatic rings. The van der Waals surface area contributed by atoms with Gasteiger partial charge in [-0.2, -0.15) is 0 Å². The minimum atomic E-state index is 0.0619. The number of hydrogen-bond acceptors (Lipinski definition) is 1. The van der Waals surface area contributed by atoms with Crippen molar-refractivity contribution in [3.63, 3.8) is 0 Å². The summed E-state index contributed by atoms with van der Waals surface area (Å²) in [4.78, 5) is 0. The van der Waals surface area contributed by atoms with Crippen LogP contribution >= 0.6 is 11.6 Å². The van der Waals surface area contributed by atoms with Crippen LogP contribution in [0.25, 0.3) is 0 Å². The summed E-state index contributed by atoms with van der Waals surface area (Å²) < 4.78 is 0. The maximum absolute atomic E-state index is 6.10. The predicted molar refractivity (Wildman–Crippen MR) is 58.1 cm³/mol. The summed E-state index contributed by atoms with van der Waals surface area (Å²) >= 11 is 6.10. The summed E-state index contributed by atoms with van der Waals surface area (Å²) in [5.41, 5.74) is 9.46. The Hall–Kier alpha value is -0.530. The van der Waals surface area contributed by atoms with E-state index in [4.69, 9.17) is 17.3 Å². The molecule has 1 aromatic carbocycles. The van der Waals surface area contributed by atoms with Gasteiger partial charge in [0.25, 0.3) is 0 Å². The SMILES string of the molecule is CC[C@@H](N)c1cc(C)c(C)cc1Cl. The molecule has 0 radical (unpaired) electrons. The lowest BCUT2D eigenvalue weighted by Crippen LogP contribution is -2.09. The highest BCUT2D eigenvalue weighted by Gasteiger charge is 2.09. The van der Waals surface area contributed by atoms with Gasteiger partial charge in [-0.3, -0.25) is 0 Å². The van der Waals surface area contributed by atoms with Crippen molar-refractivity contribution in [1.82, 2.24) is 0 Å². The van der Waals surface area contributed by atoms with Crippen molar-refractivity contribution in [3.05, 3.63) is 33.8 Å². The number of rotatable bonds is 2. The predicted octanol–water partition coefficient (Wildman–Crippen LogP) is 3.37. The Kier molecular flexibility index (Phi) is 3.34. The molecule has 0 amide bonds. The van der Waals surface area contributed by atoms with Gasteiger partial charge in [0, 0.05) is 11.1 Å². The first-order chi connectivity index (χ1) is 6.06. The quantitative estimate of drug-likeness (QED) is 0.773. The third-order valence-corrected chi connectivity index (χ3v) is 2.78. The van der Waals surface area contributed by atoms with E-state index >= 15 is 0 Å². The molecule has 72 valence electrons. The van der Waals surface area contributed by atoms with Gasteiger partial charge in [-0.05, 0) is 43.0 Å².